The van der Waals surface area contributed by atoms with Gasteiger partial charge in [-0.2, -0.15) is 0 Å². The number of amides is 3. The summed E-state index contributed by atoms with van der Waals surface area (Å²) in [5.41, 5.74) is 6.77. The lowest BCUT2D eigenvalue weighted by Gasteiger charge is -2.36. The normalized spacial score (nSPS) is 18.2. The fourth-order valence-electron chi connectivity index (χ4n) is 9.51. The number of ether oxygens (including phenoxy) is 6. The number of fused-ring (bicyclic) bond motifs is 1. The SMILES string of the molecule is Cc1ncsc1-c1ccc(CNC(=O)[C@@H]2C[C@@H](O)CN2C(=O)[C@H](C(C)C)N2Cc3ccccc3C2O)c(OCCOCCOCCOCCOCCn2cc(-c3ccc(N4CCN(C(=O)OC(C)(C)C)CC4)nn3)nn2)c1. The number of aliphatic hydroxyl groups excluding tert-OH is 2. The first-order valence-electron chi connectivity index (χ1n) is 26.4. The van der Waals surface area contributed by atoms with Crippen LogP contribution in [0.1, 0.15) is 69.7 Å². The Hall–Kier alpha value is -6.18. The van der Waals surface area contributed by atoms with Crippen LogP contribution in [-0.4, -0.2) is 189 Å². The van der Waals surface area contributed by atoms with Gasteiger partial charge >= 0.3 is 6.09 Å². The zero-order valence-corrected chi connectivity index (χ0v) is 45.7. The van der Waals surface area contributed by atoms with E-state index in [-0.39, 0.29) is 49.9 Å². The van der Waals surface area contributed by atoms with E-state index < -0.39 is 30.0 Å². The molecule has 2 fully saturated rings. The molecule has 0 saturated carbocycles. The molecule has 1 unspecified atom stereocenters. The molecule has 416 valence electrons. The van der Waals surface area contributed by atoms with Gasteiger partial charge in [0, 0.05) is 57.8 Å². The molecule has 22 nitrogen and oxygen atoms in total. The molecule has 0 radical (unpaired) electrons. The van der Waals surface area contributed by atoms with Gasteiger partial charge in [0.05, 0.1) is 93.8 Å². The van der Waals surface area contributed by atoms with Gasteiger partial charge in [-0.3, -0.25) is 14.5 Å². The van der Waals surface area contributed by atoms with Gasteiger partial charge in [0.25, 0.3) is 0 Å². The van der Waals surface area contributed by atoms with E-state index in [0.29, 0.717) is 109 Å². The Kier molecular flexibility index (Phi) is 19.9. The van der Waals surface area contributed by atoms with E-state index in [4.69, 9.17) is 28.4 Å². The highest BCUT2D eigenvalue weighted by Crippen LogP contribution is 2.37. The monoisotopic (exact) mass is 1080 g/mol. The van der Waals surface area contributed by atoms with Crippen LogP contribution in [0.5, 0.6) is 5.75 Å². The first-order valence-corrected chi connectivity index (χ1v) is 27.2. The van der Waals surface area contributed by atoms with Crippen molar-refractivity contribution in [1.29, 1.82) is 0 Å². The summed E-state index contributed by atoms with van der Waals surface area (Å²) in [5, 5.41) is 42.2. The Morgan fingerprint density at radius 3 is 2.18 bits per heavy atom. The summed E-state index contributed by atoms with van der Waals surface area (Å²) in [6, 6.07) is 15.6. The zero-order valence-electron chi connectivity index (χ0n) is 44.9. The van der Waals surface area contributed by atoms with Crippen molar-refractivity contribution in [2.75, 3.05) is 97.1 Å². The second kappa shape index (κ2) is 26.9. The summed E-state index contributed by atoms with van der Waals surface area (Å²) < 4.78 is 36.3. The number of aliphatic hydroxyl groups is 2. The number of nitrogens with zero attached hydrogens (tertiary/aromatic N) is 10. The minimum Gasteiger partial charge on any atom is -0.491 e. The van der Waals surface area contributed by atoms with Gasteiger partial charge in [-0.15, -0.1) is 26.6 Å². The standard InChI is InChI=1S/C54H73N11O11S/c1-36(2)48(65-32-40-9-7-8-10-42(40)51(65)68)52(69)64-33-41(66)30-45(64)50(67)55-31-39-12-11-38(49-37(3)56-35-77-49)29-46(39)75-28-27-74-26-25-73-24-23-72-22-21-71-20-19-63-34-44(58-60-63)43-13-14-47(59-57-43)61-15-17-62(18-16-61)53(70)76-54(4,5)6/h7-14,29,34-36,41,45,48,51,66,68H,15-28,30-33H2,1-6H3,(H,55,67)/t41-,45+,48+,51?/m1/s1. The van der Waals surface area contributed by atoms with Crippen LogP contribution in [0.25, 0.3) is 21.8 Å². The summed E-state index contributed by atoms with van der Waals surface area (Å²) in [4.78, 5) is 53.1. The highest BCUT2D eigenvalue weighted by molar-refractivity contribution is 7.13. The van der Waals surface area contributed by atoms with E-state index in [1.165, 1.54) is 16.2 Å². The molecule has 3 N–H and O–H groups in total. The third-order valence-corrected chi connectivity index (χ3v) is 14.4. The summed E-state index contributed by atoms with van der Waals surface area (Å²) >= 11 is 1.53. The molecule has 3 aromatic heterocycles. The average Bonchev–Trinajstić information content (AvgIpc) is 4.28. The predicted molar refractivity (Wildman–Crippen MR) is 286 cm³/mol. The summed E-state index contributed by atoms with van der Waals surface area (Å²) in [6.07, 6.45) is -0.209. The number of nitrogens with one attached hydrogen (secondary N) is 1. The quantitative estimate of drug-likeness (QED) is 0.0683. The molecule has 2 saturated heterocycles. The number of aromatic nitrogens is 6. The molecule has 6 heterocycles. The number of anilines is 1. The third-order valence-electron chi connectivity index (χ3n) is 13.4. The number of rotatable bonds is 25. The minimum atomic E-state index is -0.952. The van der Waals surface area contributed by atoms with Crippen LogP contribution in [0.2, 0.25) is 0 Å². The van der Waals surface area contributed by atoms with Gasteiger partial charge in [-0.05, 0) is 68.5 Å². The molecular weight excluding hydrogens is 1010 g/mol. The molecule has 8 rings (SSSR count). The fraction of sp³-hybridized carbons (Fsp3) is 0.556. The van der Waals surface area contributed by atoms with E-state index in [2.05, 4.69) is 35.7 Å². The topological polar surface area (TPSA) is 241 Å². The molecular formula is C54H73N11O11S. The number of likely N-dealkylation sites (tertiary alicyclic amines) is 1. The second-order valence-electron chi connectivity index (χ2n) is 20.5. The molecule has 3 amide bonds. The maximum atomic E-state index is 14.3. The van der Waals surface area contributed by atoms with Gasteiger partial charge in [-0.25, -0.2) is 14.5 Å². The van der Waals surface area contributed by atoms with Crippen molar-refractivity contribution in [1.82, 2.24) is 50.2 Å². The Bertz CT molecular complexity index is 2710. The third kappa shape index (κ3) is 15.3. The number of carbonyl (C=O) groups is 3. The largest absolute Gasteiger partial charge is 0.491 e. The number of aryl methyl sites for hydroxylation is 1. The number of piperazine rings is 1. The average molecular weight is 1080 g/mol. The fourth-order valence-corrected chi connectivity index (χ4v) is 10.3. The number of hydrogen-bond acceptors (Lipinski definition) is 19. The van der Waals surface area contributed by atoms with E-state index >= 15 is 0 Å². The summed E-state index contributed by atoms with van der Waals surface area (Å²) in [7, 11) is 0. The molecule has 77 heavy (non-hydrogen) atoms. The number of benzene rings is 2. The van der Waals surface area contributed by atoms with E-state index in [1.807, 2.05) is 96.1 Å². The Balaban J connectivity index is 0.696. The second-order valence-corrected chi connectivity index (χ2v) is 21.4. The number of thiazole rings is 1. The molecule has 23 heteroatoms. The molecule has 3 aliphatic heterocycles. The van der Waals surface area contributed by atoms with E-state index in [1.54, 1.807) is 26.2 Å². The van der Waals surface area contributed by atoms with Crippen molar-refractivity contribution in [3.8, 4) is 27.6 Å². The molecule has 0 spiro atoms. The lowest BCUT2D eigenvalue weighted by molar-refractivity contribution is -0.149. The lowest BCUT2D eigenvalue weighted by Crippen LogP contribution is -2.54. The van der Waals surface area contributed by atoms with Crippen molar-refractivity contribution in [3.63, 3.8) is 0 Å². The van der Waals surface area contributed by atoms with Crippen LogP contribution < -0.4 is 15.0 Å². The summed E-state index contributed by atoms with van der Waals surface area (Å²) in [5.74, 6) is 0.457. The van der Waals surface area contributed by atoms with Crippen LogP contribution in [0, 0.1) is 12.8 Å². The van der Waals surface area contributed by atoms with Crippen LogP contribution in [-0.2, 0) is 52.9 Å². The number of carbonyl (C=O) groups excluding carboxylic acids is 3. The number of hydrogen-bond donors (Lipinski definition) is 3. The highest BCUT2D eigenvalue weighted by Gasteiger charge is 2.46. The van der Waals surface area contributed by atoms with Crippen LogP contribution in [0.3, 0.4) is 0 Å². The summed E-state index contributed by atoms with van der Waals surface area (Å²) in [6.45, 7) is 18.1. The van der Waals surface area contributed by atoms with Gasteiger partial charge < -0.3 is 58.7 Å². The molecule has 4 atom stereocenters. The Morgan fingerprint density at radius 1 is 0.831 bits per heavy atom. The minimum absolute atomic E-state index is 0.0246. The van der Waals surface area contributed by atoms with Crippen LogP contribution in [0.4, 0.5) is 10.6 Å². The van der Waals surface area contributed by atoms with Crippen molar-refractivity contribution >= 4 is 35.1 Å². The zero-order chi connectivity index (χ0) is 54.5. The molecule has 2 aromatic carbocycles. The van der Waals surface area contributed by atoms with Crippen LogP contribution >= 0.6 is 11.3 Å². The Morgan fingerprint density at radius 2 is 1.53 bits per heavy atom. The van der Waals surface area contributed by atoms with Gasteiger partial charge in [0.1, 0.15) is 41.6 Å². The maximum Gasteiger partial charge on any atom is 0.410 e. The lowest BCUT2D eigenvalue weighted by atomic mass is 10.00. The first-order chi connectivity index (χ1) is 37.1. The number of β-amino-alcohol motifs (C(OH)–C–C–N with tert-alkyl or cyclic N) is 1. The smallest absolute Gasteiger partial charge is 0.410 e. The highest BCUT2D eigenvalue weighted by atomic mass is 32.1. The van der Waals surface area contributed by atoms with Crippen LogP contribution in [0.15, 0.2) is 66.3 Å². The first kappa shape index (κ1) is 57.0. The van der Waals surface area contributed by atoms with Crippen molar-refractivity contribution < 1.29 is 53.0 Å². The van der Waals surface area contributed by atoms with Crippen molar-refractivity contribution in [2.45, 2.75) is 97.6 Å². The molecule has 0 aliphatic carbocycles. The van der Waals surface area contributed by atoms with Gasteiger partial charge in [0.2, 0.25) is 11.8 Å². The maximum absolute atomic E-state index is 14.3. The van der Waals surface area contributed by atoms with E-state index in [0.717, 1.165) is 38.6 Å². The van der Waals surface area contributed by atoms with Crippen molar-refractivity contribution in [3.05, 3.63) is 88.7 Å². The molecule has 0 bridgehead atoms. The van der Waals surface area contributed by atoms with Crippen molar-refractivity contribution in [2.24, 2.45) is 5.92 Å². The molecule has 5 aromatic rings. The predicted octanol–water partition coefficient (Wildman–Crippen LogP) is 4.48. The Labute approximate surface area is 453 Å². The molecule has 3 aliphatic rings. The van der Waals surface area contributed by atoms with E-state index in [9.17, 15) is 24.6 Å². The van der Waals surface area contributed by atoms with Gasteiger partial charge in [0.15, 0.2) is 5.82 Å². The van der Waals surface area contributed by atoms with Gasteiger partial charge in [-0.1, -0.05) is 55.5 Å².